The molecule has 0 atom stereocenters. The Kier molecular flexibility index (Phi) is 4.48. The molecular formula is C31H24N2. The smallest absolute Gasteiger partial charge is 0.0971 e. The van der Waals surface area contributed by atoms with Gasteiger partial charge in [0, 0.05) is 22.7 Å². The standard InChI is InChI=1S/C31H24N2/c1-31(2)26-13-7-6-12-24(26)25-16-15-22(20-27(25)31)23-17-18-28(21-10-4-3-5-11-21)33-30(23)29-14-8-9-19-32-29/h3-20H,1-2H3. The van der Waals surface area contributed by atoms with Crippen molar-refractivity contribution in [3.63, 3.8) is 0 Å². The summed E-state index contributed by atoms with van der Waals surface area (Å²) in [5.41, 5.74) is 11.5. The van der Waals surface area contributed by atoms with Gasteiger partial charge >= 0.3 is 0 Å². The molecule has 3 aromatic carbocycles. The molecule has 1 aliphatic rings. The fourth-order valence-electron chi connectivity index (χ4n) is 5.03. The van der Waals surface area contributed by atoms with Gasteiger partial charge in [0.25, 0.3) is 0 Å². The number of aromatic nitrogens is 2. The van der Waals surface area contributed by atoms with Crippen LogP contribution in [0.4, 0.5) is 0 Å². The van der Waals surface area contributed by atoms with Crippen molar-refractivity contribution >= 4 is 0 Å². The second-order valence-corrected chi connectivity index (χ2v) is 9.10. The van der Waals surface area contributed by atoms with Crippen LogP contribution in [-0.2, 0) is 5.41 Å². The van der Waals surface area contributed by atoms with Crippen LogP contribution in [0.3, 0.4) is 0 Å². The zero-order valence-corrected chi connectivity index (χ0v) is 18.8. The van der Waals surface area contributed by atoms with Crippen LogP contribution < -0.4 is 0 Å². The molecule has 0 spiro atoms. The lowest BCUT2D eigenvalue weighted by Gasteiger charge is -2.22. The van der Waals surface area contributed by atoms with Crippen molar-refractivity contribution in [2.45, 2.75) is 19.3 Å². The molecule has 2 heteroatoms. The largest absolute Gasteiger partial charge is 0.255 e. The zero-order valence-electron chi connectivity index (χ0n) is 18.8. The molecule has 0 unspecified atom stereocenters. The fraction of sp³-hybridized carbons (Fsp3) is 0.0968. The van der Waals surface area contributed by atoms with E-state index in [0.29, 0.717) is 0 Å². The molecule has 0 aliphatic heterocycles. The number of nitrogens with zero attached hydrogens (tertiary/aromatic N) is 2. The number of benzene rings is 3. The van der Waals surface area contributed by atoms with Crippen molar-refractivity contribution in [1.82, 2.24) is 9.97 Å². The molecule has 0 N–H and O–H groups in total. The Bertz CT molecular complexity index is 1470. The first kappa shape index (κ1) is 19.6. The van der Waals surface area contributed by atoms with E-state index in [1.165, 1.54) is 27.8 Å². The Balaban J connectivity index is 1.54. The van der Waals surface area contributed by atoms with Crippen molar-refractivity contribution in [2.24, 2.45) is 0 Å². The number of rotatable bonds is 3. The SMILES string of the molecule is CC1(C)c2ccccc2-c2ccc(-c3ccc(-c4ccccc4)nc3-c3ccccn3)cc21. The Morgan fingerprint density at radius 2 is 1.27 bits per heavy atom. The van der Waals surface area contributed by atoms with Crippen LogP contribution in [0, 0.1) is 0 Å². The van der Waals surface area contributed by atoms with Crippen molar-refractivity contribution in [1.29, 1.82) is 0 Å². The quantitative estimate of drug-likeness (QED) is 0.295. The van der Waals surface area contributed by atoms with Crippen LogP contribution in [0.2, 0.25) is 0 Å². The first-order valence-electron chi connectivity index (χ1n) is 11.4. The van der Waals surface area contributed by atoms with Crippen LogP contribution >= 0.6 is 0 Å². The third-order valence-electron chi connectivity index (χ3n) is 6.77. The highest BCUT2D eigenvalue weighted by Gasteiger charge is 2.35. The summed E-state index contributed by atoms with van der Waals surface area (Å²) in [6, 6.07) is 36.2. The van der Waals surface area contributed by atoms with E-state index in [1.807, 2.05) is 42.6 Å². The summed E-state index contributed by atoms with van der Waals surface area (Å²) in [4.78, 5) is 9.74. The van der Waals surface area contributed by atoms with Gasteiger partial charge in [-0.1, -0.05) is 86.6 Å². The molecule has 0 bridgehead atoms. The van der Waals surface area contributed by atoms with Crippen molar-refractivity contribution in [2.75, 3.05) is 0 Å². The summed E-state index contributed by atoms with van der Waals surface area (Å²) in [5.74, 6) is 0. The molecule has 2 heterocycles. The maximum atomic E-state index is 5.10. The van der Waals surface area contributed by atoms with E-state index in [9.17, 15) is 0 Å². The van der Waals surface area contributed by atoms with E-state index >= 15 is 0 Å². The molecule has 1 aliphatic carbocycles. The lowest BCUT2D eigenvalue weighted by atomic mass is 9.81. The second-order valence-electron chi connectivity index (χ2n) is 9.10. The summed E-state index contributed by atoms with van der Waals surface area (Å²) >= 11 is 0. The van der Waals surface area contributed by atoms with Gasteiger partial charge in [0.05, 0.1) is 17.1 Å². The van der Waals surface area contributed by atoms with E-state index in [4.69, 9.17) is 4.98 Å². The summed E-state index contributed by atoms with van der Waals surface area (Å²) < 4.78 is 0. The molecule has 5 aromatic rings. The summed E-state index contributed by atoms with van der Waals surface area (Å²) in [6.07, 6.45) is 1.83. The second kappa shape index (κ2) is 7.53. The molecule has 6 rings (SSSR count). The maximum Gasteiger partial charge on any atom is 0.0971 e. The lowest BCUT2D eigenvalue weighted by molar-refractivity contribution is 0.660. The molecule has 33 heavy (non-hydrogen) atoms. The molecule has 158 valence electrons. The van der Waals surface area contributed by atoms with E-state index in [2.05, 4.69) is 85.6 Å². The van der Waals surface area contributed by atoms with Gasteiger partial charge in [0.15, 0.2) is 0 Å². The van der Waals surface area contributed by atoms with Crippen LogP contribution in [0.5, 0.6) is 0 Å². The topological polar surface area (TPSA) is 25.8 Å². The fourth-order valence-corrected chi connectivity index (χ4v) is 5.03. The third kappa shape index (κ3) is 3.18. The predicted octanol–water partition coefficient (Wildman–Crippen LogP) is 7.78. The molecule has 2 nitrogen and oxygen atoms in total. The highest BCUT2D eigenvalue weighted by molar-refractivity contribution is 5.87. The van der Waals surface area contributed by atoms with Crippen LogP contribution in [-0.4, -0.2) is 9.97 Å². The van der Waals surface area contributed by atoms with Gasteiger partial charge in [-0.3, -0.25) is 4.98 Å². The van der Waals surface area contributed by atoms with Crippen molar-refractivity contribution < 1.29 is 0 Å². The number of pyridine rings is 2. The number of hydrogen-bond acceptors (Lipinski definition) is 2. The van der Waals surface area contributed by atoms with Crippen LogP contribution in [0.15, 0.2) is 109 Å². The van der Waals surface area contributed by atoms with Crippen molar-refractivity contribution in [3.8, 4) is 44.9 Å². The van der Waals surface area contributed by atoms with Gasteiger partial charge in [-0.05, 0) is 58.1 Å². The van der Waals surface area contributed by atoms with Crippen LogP contribution in [0.25, 0.3) is 44.9 Å². The maximum absolute atomic E-state index is 5.10. The Hall–Kier alpha value is -4.04. The Labute approximate surface area is 194 Å². The number of hydrogen-bond donors (Lipinski definition) is 0. The van der Waals surface area contributed by atoms with Gasteiger partial charge in [-0.25, -0.2) is 4.98 Å². The monoisotopic (exact) mass is 424 g/mol. The summed E-state index contributed by atoms with van der Waals surface area (Å²) in [6.45, 7) is 4.63. The van der Waals surface area contributed by atoms with Gasteiger partial charge in [-0.2, -0.15) is 0 Å². The van der Waals surface area contributed by atoms with Gasteiger partial charge in [0.2, 0.25) is 0 Å². The van der Waals surface area contributed by atoms with E-state index in [-0.39, 0.29) is 5.41 Å². The van der Waals surface area contributed by atoms with Gasteiger partial charge in [-0.15, -0.1) is 0 Å². The lowest BCUT2D eigenvalue weighted by Crippen LogP contribution is -2.14. The predicted molar refractivity (Wildman–Crippen MR) is 136 cm³/mol. The minimum absolute atomic E-state index is 0.0372. The molecule has 0 fully saturated rings. The van der Waals surface area contributed by atoms with Crippen molar-refractivity contribution in [3.05, 3.63) is 120 Å². The highest BCUT2D eigenvalue weighted by Crippen LogP contribution is 2.49. The first-order chi connectivity index (χ1) is 16.1. The Morgan fingerprint density at radius 3 is 2.09 bits per heavy atom. The minimum atomic E-state index is -0.0372. The molecule has 0 saturated carbocycles. The van der Waals surface area contributed by atoms with E-state index in [1.54, 1.807) is 0 Å². The van der Waals surface area contributed by atoms with E-state index in [0.717, 1.165) is 28.2 Å². The minimum Gasteiger partial charge on any atom is -0.255 e. The molecule has 0 saturated heterocycles. The summed E-state index contributed by atoms with van der Waals surface area (Å²) in [7, 11) is 0. The average molecular weight is 425 g/mol. The highest BCUT2D eigenvalue weighted by atomic mass is 14.8. The van der Waals surface area contributed by atoms with Gasteiger partial charge < -0.3 is 0 Å². The third-order valence-corrected chi connectivity index (χ3v) is 6.77. The molecule has 0 amide bonds. The molecule has 0 radical (unpaired) electrons. The van der Waals surface area contributed by atoms with E-state index < -0.39 is 0 Å². The van der Waals surface area contributed by atoms with Gasteiger partial charge in [0.1, 0.15) is 0 Å². The molecule has 2 aromatic heterocycles. The molecular weight excluding hydrogens is 400 g/mol. The van der Waals surface area contributed by atoms with Crippen LogP contribution in [0.1, 0.15) is 25.0 Å². The summed E-state index contributed by atoms with van der Waals surface area (Å²) in [5, 5.41) is 0. The zero-order chi connectivity index (χ0) is 22.4. The average Bonchev–Trinajstić information content (AvgIpc) is 3.11. The first-order valence-corrected chi connectivity index (χ1v) is 11.4. The normalized spacial score (nSPS) is 13.4. The Morgan fingerprint density at radius 1 is 0.545 bits per heavy atom. The number of fused-ring (bicyclic) bond motifs is 3.